The van der Waals surface area contributed by atoms with Gasteiger partial charge >= 0.3 is 0 Å². The van der Waals surface area contributed by atoms with E-state index in [0.29, 0.717) is 17.7 Å². The van der Waals surface area contributed by atoms with Gasteiger partial charge in [0.25, 0.3) is 0 Å². The Morgan fingerprint density at radius 2 is 2.05 bits per heavy atom. The van der Waals surface area contributed by atoms with Crippen molar-refractivity contribution >= 4 is 5.91 Å². The van der Waals surface area contributed by atoms with Crippen molar-refractivity contribution in [1.82, 2.24) is 15.1 Å². The Bertz CT molecular complexity index is 341. The van der Waals surface area contributed by atoms with E-state index in [9.17, 15) is 4.79 Å². The molecule has 128 valence electrons. The van der Waals surface area contributed by atoms with E-state index < -0.39 is 0 Å². The number of amides is 1. The fourth-order valence-electron chi connectivity index (χ4n) is 4.11. The number of nitrogens with one attached hydrogen (secondary N) is 1. The molecule has 0 saturated carbocycles. The summed E-state index contributed by atoms with van der Waals surface area (Å²) in [6.07, 6.45) is 5.61. The third kappa shape index (κ3) is 5.24. The molecule has 2 unspecified atom stereocenters. The first-order valence-corrected chi connectivity index (χ1v) is 9.27. The lowest BCUT2D eigenvalue weighted by Gasteiger charge is -2.29. The maximum atomic E-state index is 12.6. The molecule has 2 aliphatic heterocycles. The maximum Gasteiger partial charge on any atom is 0.222 e. The number of carbonyl (C=O) groups is 1. The molecule has 0 aromatic heterocycles. The van der Waals surface area contributed by atoms with E-state index in [1.165, 1.54) is 25.7 Å². The third-order valence-corrected chi connectivity index (χ3v) is 5.50. The normalized spacial score (nSPS) is 24.9. The Morgan fingerprint density at radius 1 is 1.32 bits per heavy atom. The summed E-state index contributed by atoms with van der Waals surface area (Å²) in [7, 11) is 2.20. The van der Waals surface area contributed by atoms with Crippen LogP contribution in [-0.4, -0.2) is 62.0 Å². The van der Waals surface area contributed by atoms with Crippen LogP contribution in [0.4, 0.5) is 0 Å². The number of rotatable bonds is 7. The van der Waals surface area contributed by atoms with Crippen LogP contribution in [0, 0.1) is 17.8 Å². The highest BCUT2D eigenvalue weighted by Crippen LogP contribution is 2.26. The van der Waals surface area contributed by atoms with Crippen LogP contribution in [0.25, 0.3) is 0 Å². The highest BCUT2D eigenvalue weighted by atomic mass is 16.2. The van der Waals surface area contributed by atoms with Crippen LogP contribution in [0.1, 0.15) is 46.0 Å². The number of nitrogens with zero attached hydrogens (tertiary/aromatic N) is 2. The Hall–Kier alpha value is -0.610. The van der Waals surface area contributed by atoms with Crippen molar-refractivity contribution in [2.24, 2.45) is 17.8 Å². The van der Waals surface area contributed by atoms with Gasteiger partial charge in [-0.3, -0.25) is 4.79 Å². The molecule has 0 spiro atoms. The standard InChI is InChI=1S/C18H35N3O/c1-4-10-20(3)13-16-7-11-21(14-16)18(22)12-15(2)17-5-8-19-9-6-17/h15-17,19H,4-14H2,1-3H3. The van der Waals surface area contributed by atoms with Gasteiger partial charge < -0.3 is 15.1 Å². The first-order valence-electron chi connectivity index (χ1n) is 9.27. The topological polar surface area (TPSA) is 35.6 Å². The summed E-state index contributed by atoms with van der Waals surface area (Å²) in [4.78, 5) is 17.1. The summed E-state index contributed by atoms with van der Waals surface area (Å²) >= 11 is 0. The van der Waals surface area contributed by atoms with Crippen molar-refractivity contribution in [2.45, 2.75) is 46.0 Å². The first kappa shape index (κ1) is 17.7. The molecule has 0 radical (unpaired) electrons. The van der Waals surface area contributed by atoms with Gasteiger partial charge in [0.1, 0.15) is 0 Å². The molecule has 2 aliphatic rings. The Kier molecular flexibility index (Phi) is 7.16. The van der Waals surface area contributed by atoms with Crippen molar-refractivity contribution in [3.8, 4) is 0 Å². The van der Waals surface area contributed by atoms with Crippen LogP contribution < -0.4 is 5.32 Å². The molecular weight excluding hydrogens is 274 g/mol. The van der Waals surface area contributed by atoms with Crippen LogP contribution in [-0.2, 0) is 4.79 Å². The number of carbonyl (C=O) groups excluding carboxylic acids is 1. The van der Waals surface area contributed by atoms with E-state index in [-0.39, 0.29) is 0 Å². The second kappa shape index (κ2) is 8.88. The van der Waals surface area contributed by atoms with Crippen LogP contribution in [0.15, 0.2) is 0 Å². The second-order valence-corrected chi connectivity index (χ2v) is 7.53. The molecule has 22 heavy (non-hydrogen) atoms. The largest absolute Gasteiger partial charge is 0.342 e. The molecule has 2 heterocycles. The van der Waals surface area contributed by atoms with Crippen molar-refractivity contribution in [1.29, 1.82) is 0 Å². The third-order valence-electron chi connectivity index (χ3n) is 5.50. The Balaban J connectivity index is 1.71. The van der Waals surface area contributed by atoms with Gasteiger partial charge in [0.2, 0.25) is 5.91 Å². The molecule has 2 atom stereocenters. The fraction of sp³-hybridized carbons (Fsp3) is 0.944. The molecule has 1 N–H and O–H groups in total. The predicted molar refractivity (Wildman–Crippen MR) is 91.8 cm³/mol. The van der Waals surface area contributed by atoms with Crippen molar-refractivity contribution in [3.05, 3.63) is 0 Å². The zero-order valence-corrected chi connectivity index (χ0v) is 14.8. The molecule has 2 fully saturated rings. The van der Waals surface area contributed by atoms with Gasteiger partial charge in [0, 0.05) is 26.1 Å². The fourth-order valence-corrected chi connectivity index (χ4v) is 4.11. The summed E-state index contributed by atoms with van der Waals surface area (Å²) in [6, 6.07) is 0. The summed E-state index contributed by atoms with van der Waals surface area (Å²) in [5.74, 6) is 2.34. The zero-order chi connectivity index (χ0) is 15.9. The van der Waals surface area contributed by atoms with E-state index in [1.807, 2.05) is 0 Å². The number of piperidine rings is 1. The van der Waals surface area contributed by atoms with Crippen molar-refractivity contribution < 1.29 is 4.79 Å². The monoisotopic (exact) mass is 309 g/mol. The quantitative estimate of drug-likeness (QED) is 0.783. The number of hydrogen-bond donors (Lipinski definition) is 1. The summed E-state index contributed by atoms with van der Waals surface area (Å²) in [6.45, 7) is 11.0. The lowest BCUT2D eigenvalue weighted by atomic mass is 9.84. The number of likely N-dealkylation sites (tertiary alicyclic amines) is 1. The lowest BCUT2D eigenvalue weighted by molar-refractivity contribution is -0.131. The lowest BCUT2D eigenvalue weighted by Crippen LogP contribution is -2.35. The zero-order valence-electron chi connectivity index (χ0n) is 14.8. The van der Waals surface area contributed by atoms with Gasteiger partial charge in [-0.2, -0.15) is 0 Å². The van der Waals surface area contributed by atoms with E-state index in [4.69, 9.17) is 0 Å². The molecule has 1 amide bonds. The van der Waals surface area contributed by atoms with E-state index in [1.54, 1.807) is 0 Å². The predicted octanol–water partition coefficient (Wildman–Crippen LogP) is 2.20. The molecule has 0 aromatic rings. The van der Waals surface area contributed by atoms with Gasteiger partial charge in [-0.15, -0.1) is 0 Å². The SMILES string of the molecule is CCCN(C)CC1CCN(C(=O)CC(C)C2CCNCC2)C1. The van der Waals surface area contributed by atoms with Gasteiger partial charge in [-0.05, 0) is 70.1 Å². The van der Waals surface area contributed by atoms with Crippen LogP contribution in [0.3, 0.4) is 0 Å². The van der Waals surface area contributed by atoms with Gasteiger partial charge in [0.05, 0.1) is 0 Å². The van der Waals surface area contributed by atoms with Gasteiger partial charge in [-0.25, -0.2) is 0 Å². The highest BCUT2D eigenvalue weighted by Gasteiger charge is 2.29. The Morgan fingerprint density at radius 3 is 2.73 bits per heavy atom. The molecule has 2 saturated heterocycles. The molecule has 4 nitrogen and oxygen atoms in total. The minimum atomic E-state index is 0.395. The van der Waals surface area contributed by atoms with Crippen LogP contribution in [0.5, 0.6) is 0 Å². The molecule has 2 rings (SSSR count). The van der Waals surface area contributed by atoms with E-state index >= 15 is 0 Å². The minimum Gasteiger partial charge on any atom is -0.342 e. The molecular formula is C18H35N3O. The van der Waals surface area contributed by atoms with E-state index in [0.717, 1.165) is 51.6 Å². The first-order chi connectivity index (χ1) is 10.6. The summed E-state index contributed by atoms with van der Waals surface area (Å²) in [5, 5.41) is 3.41. The van der Waals surface area contributed by atoms with Gasteiger partial charge in [0.15, 0.2) is 0 Å². The van der Waals surface area contributed by atoms with Crippen molar-refractivity contribution in [2.75, 3.05) is 46.3 Å². The average Bonchev–Trinajstić information content (AvgIpc) is 2.97. The van der Waals surface area contributed by atoms with Gasteiger partial charge in [-0.1, -0.05) is 13.8 Å². The smallest absolute Gasteiger partial charge is 0.222 e. The number of hydrogen-bond acceptors (Lipinski definition) is 3. The maximum absolute atomic E-state index is 12.6. The van der Waals surface area contributed by atoms with Crippen LogP contribution >= 0.6 is 0 Å². The molecule has 4 heteroatoms. The van der Waals surface area contributed by atoms with E-state index in [2.05, 4.69) is 36.0 Å². The highest BCUT2D eigenvalue weighted by molar-refractivity contribution is 5.76. The second-order valence-electron chi connectivity index (χ2n) is 7.53. The average molecular weight is 309 g/mol. The molecule has 0 aliphatic carbocycles. The minimum absolute atomic E-state index is 0.395. The summed E-state index contributed by atoms with van der Waals surface area (Å²) in [5.41, 5.74) is 0. The van der Waals surface area contributed by atoms with Crippen LogP contribution in [0.2, 0.25) is 0 Å². The Labute approximate surface area is 136 Å². The molecule has 0 aromatic carbocycles. The van der Waals surface area contributed by atoms with Crippen molar-refractivity contribution in [3.63, 3.8) is 0 Å². The molecule has 0 bridgehead atoms. The summed E-state index contributed by atoms with van der Waals surface area (Å²) < 4.78 is 0.